The molecule has 1 N–H and O–H groups in total. The number of aromatic nitrogens is 1. The van der Waals surface area contributed by atoms with E-state index < -0.39 is 11.4 Å². The zero-order chi connectivity index (χ0) is 18.1. The summed E-state index contributed by atoms with van der Waals surface area (Å²) in [4.78, 5) is 21.2. The Labute approximate surface area is 153 Å². The smallest absolute Gasteiger partial charge is 0.311 e. The molecule has 6 nitrogen and oxygen atoms in total. The molecule has 0 bridgehead atoms. The fourth-order valence-electron chi connectivity index (χ4n) is 4.51. The van der Waals surface area contributed by atoms with E-state index in [1.54, 1.807) is 6.26 Å². The van der Waals surface area contributed by atoms with Crippen LogP contribution in [0.2, 0.25) is 0 Å². The number of oxazole rings is 1. The van der Waals surface area contributed by atoms with E-state index in [1.165, 1.54) is 0 Å². The average molecular weight is 355 g/mol. The van der Waals surface area contributed by atoms with Crippen molar-refractivity contribution in [1.82, 2.24) is 14.8 Å². The van der Waals surface area contributed by atoms with Crippen molar-refractivity contribution in [3.8, 4) is 11.5 Å². The first kappa shape index (κ1) is 17.2. The third kappa shape index (κ3) is 3.04. The molecule has 2 saturated heterocycles. The zero-order valence-corrected chi connectivity index (χ0v) is 15.1. The number of rotatable bonds is 4. The van der Waals surface area contributed by atoms with Crippen LogP contribution in [0.25, 0.3) is 11.5 Å². The SMILES string of the molecule is CN1CCC[C@]2(C(=O)O)CCN(Cc3coc(-c4ccccc4)n3)C[C@@H]12. The molecular formula is C20H25N3O3. The molecule has 0 radical (unpaired) electrons. The lowest BCUT2D eigenvalue weighted by Crippen LogP contribution is -2.62. The Morgan fingerprint density at radius 3 is 2.88 bits per heavy atom. The van der Waals surface area contributed by atoms with Crippen LogP contribution in [-0.4, -0.2) is 58.6 Å². The molecule has 3 heterocycles. The second-order valence-corrected chi connectivity index (χ2v) is 7.56. The van der Waals surface area contributed by atoms with Crippen LogP contribution >= 0.6 is 0 Å². The summed E-state index contributed by atoms with van der Waals surface area (Å²) >= 11 is 0. The molecule has 0 aliphatic carbocycles. The number of aliphatic carboxylic acids is 1. The number of likely N-dealkylation sites (N-methyl/N-ethyl adjacent to an activating group) is 1. The highest BCUT2D eigenvalue weighted by Crippen LogP contribution is 2.42. The average Bonchev–Trinajstić information content (AvgIpc) is 3.11. The van der Waals surface area contributed by atoms with E-state index >= 15 is 0 Å². The molecule has 26 heavy (non-hydrogen) atoms. The van der Waals surface area contributed by atoms with E-state index in [0.717, 1.165) is 43.7 Å². The van der Waals surface area contributed by atoms with Crippen molar-refractivity contribution in [2.24, 2.45) is 5.41 Å². The Balaban J connectivity index is 1.47. The van der Waals surface area contributed by atoms with Crippen LogP contribution in [0.5, 0.6) is 0 Å². The lowest BCUT2D eigenvalue weighted by molar-refractivity contribution is -0.162. The maximum Gasteiger partial charge on any atom is 0.311 e. The van der Waals surface area contributed by atoms with Gasteiger partial charge in [-0.3, -0.25) is 9.69 Å². The first-order valence-corrected chi connectivity index (χ1v) is 9.24. The van der Waals surface area contributed by atoms with Crippen molar-refractivity contribution in [1.29, 1.82) is 0 Å². The predicted octanol–water partition coefficient (Wildman–Crippen LogP) is 2.71. The maximum atomic E-state index is 12.0. The molecule has 4 rings (SSSR count). The number of carboxylic acid groups (broad SMARTS) is 1. The van der Waals surface area contributed by atoms with Crippen LogP contribution in [0, 0.1) is 5.41 Å². The van der Waals surface area contributed by atoms with Gasteiger partial charge in [-0.1, -0.05) is 18.2 Å². The molecule has 0 amide bonds. The molecule has 138 valence electrons. The second-order valence-electron chi connectivity index (χ2n) is 7.56. The van der Waals surface area contributed by atoms with Crippen molar-refractivity contribution in [2.75, 3.05) is 26.7 Å². The normalized spacial score (nSPS) is 27.2. The number of carboxylic acids is 1. The third-order valence-corrected chi connectivity index (χ3v) is 5.99. The topological polar surface area (TPSA) is 69.8 Å². The molecule has 1 aromatic heterocycles. The summed E-state index contributed by atoms with van der Waals surface area (Å²) < 4.78 is 5.64. The van der Waals surface area contributed by atoms with Gasteiger partial charge in [-0.2, -0.15) is 0 Å². The molecule has 2 fully saturated rings. The quantitative estimate of drug-likeness (QED) is 0.909. The fourth-order valence-corrected chi connectivity index (χ4v) is 4.51. The van der Waals surface area contributed by atoms with Gasteiger partial charge in [-0.25, -0.2) is 4.98 Å². The molecule has 2 aromatic rings. The van der Waals surface area contributed by atoms with Gasteiger partial charge in [0.1, 0.15) is 6.26 Å². The molecule has 2 aliphatic heterocycles. The summed E-state index contributed by atoms with van der Waals surface area (Å²) in [5.74, 6) is -0.00576. The van der Waals surface area contributed by atoms with Gasteiger partial charge in [0.15, 0.2) is 0 Å². The first-order valence-electron chi connectivity index (χ1n) is 9.24. The summed E-state index contributed by atoms with van der Waals surface area (Å²) in [5.41, 5.74) is 1.27. The minimum Gasteiger partial charge on any atom is -0.481 e. The van der Waals surface area contributed by atoms with Crippen LogP contribution in [0.4, 0.5) is 0 Å². The van der Waals surface area contributed by atoms with Gasteiger partial charge >= 0.3 is 5.97 Å². The highest BCUT2D eigenvalue weighted by molar-refractivity contribution is 5.76. The third-order valence-electron chi connectivity index (χ3n) is 5.99. The Morgan fingerprint density at radius 2 is 2.12 bits per heavy atom. The largest absolute Gasteiger partial charge is 0.481 e. The molecule has 0 spiro atoms. The van der Waals surface area contributed by atoms with Crippen LogP contribution in [0.15, 0.2) is 41.0 Å². The number of hydrogen-bond acceptors (Lipinski definition) is 5. The van der Waals surface area contributed by atoms with Crippen molar-refractivity contribution in [3.63, 3.8) is 0 Å². The number of hydrogen-bond donors (Lipinski definition) is 1. The Kier molecular flexibility index (Phi) is 4.54. The standard InChI is InChI=1S/C20H25N3O3/c1-22-10-5-8-20(19(24)25)9-11-23(13-17(20)22)12-16-14-26-18(21-16)15-6-3-2-4-7-15/h2-4,6-7,14,17H,5,8-13H2,1H3,(H,24,25)/t17-,20+/m1/s1. The van der Waals surface area contributed by atoms with Crippen molar-refractivity contribution in [2.45, 2.75) is 31.8 Å². The van der Waals surface area contributed by atoms with Gasteiger partial charge in [0.25, 0.3) is 0 Å². The van der Waals surface area contributed by atoms with Crippen molar-refractivity contribution < 1.29 is 14.3 Å². The van der Waals surface area contributed by atoms with Gasteiger partial charge in [0, 0.05) is 24.7 Å². The molecule has 0 unspecified atom stereocenters. The van der Waals surface area contributed by atoms with Crippen LogP contribution in [-0.2, 0) is 11.3 Å². The lowest BCUT2D eigenvalue weighted by Gasteiger charge is -2.51. The summed E-state index contributed by atoms with van der Waals surface area (Å²) in [6, 6.07) is 9.92. The van der Waals surface area contributed by atoms with Gasteiger partial charge < -0.3 is 14.4 Å². The number of benzene rings is 1. The molecule has 1 aromatic carbocycles. The van der Waals surface area contributed by atoms with Gasteiger partial charge in [-0.15, -0.1) is 0 Å². The number of likely N-dealkylation sites (tertiary alicyclic amines) is 2. The van der Waals surface area contributed by atoms with E-state index in [1.807, 2.05) is 30.3 Å². The minimum atomic E-state index is -0.638. The van der Waals surface area contributed by atoms with Crippen LogP contribution < -0.4 is 0 Å². The van der Waals surface area contributed by atoms with Crippen LogP contribution in [0.3, 0.4) is 0 Å². The van der Waals surface area contributed by atoms with E-state index in [4.69, 9.17) is 4.42 Å². The van der Waals surface area contributed by atoms with Crippen molar-refractivity contribution >= 4 is 5.97 Å². The van der Waals surface area contributed by atoms with E-state index in [9.17, 15) is 9.90 Å². The Morgan fingerprint density at radius 1 is 1.31 bits per heavy atom. The number of carbonyl (C=O) groups is 1. The maximum absolute atomic E-state index is 12.0. The molecule has 6 heteroatoms. The summed E-state index contributed by atoms with van der Waals surface area (Å²) in [6.07, 6.45) is 4.16. The van der Waals surface area contributed by atoms with E-state index in [-0.39, 0.29) is 6.04 Å². The van der Waals surface area contributed by atoms with Crippen molar-refractivity contribution in [3.05, 3.63) is 42.3 Å². The number of fused-ring (bicyclic) bond motifs is 1. The highest BCUT2D eigenvalue weighted by Gasteiger charge is 2.52. The molecular weight excluding hydrogens is 330 g/mol. The van der Waals surface area contributed by atoms with Gasteiger partial charge in [0.2, 0.25) is 5.89 Å². The minimum absolute atomic E-state index is 0.0583. The summed E-state index contributed by atoms with van der Waals surface area (Å²) in [5, 5.41) is 9.87. The summed E-state index contributed by atoms with van der Waals surface area (Å²) in [6.45, 7) is 3.20. The van der Waals surface area contributed by atoms with Crippen LogP contribution in [0.1, 0.15) is 25.0 Å². The summed E-state index contributed by atoms with van der Waals surface area (Å²) in [7, 11) is 2.05. The number of piperidine rings is 2. The van der Waals surface area contributed by atoms with E-state index in [2.05, 4.69) is 21.8 Å². The fraction of sp³-hybridized carbons (Fsp3) is 0.500. The second kappa shape index (κ2) is 6.85. The lowest BCUT2D eigenvalue weighted by atomic mass is 9.68. The van der Waals surface area contributed by atoms with Gasteiger partial charge in [0.05, 0.1) is 11.1 Å². The predicted molar refractivity (Wildman–Crippen MR) is 97.6 cm³/mol. The number of nitrogens with zero attached hydrogens (tertiary/aromatic N) is 3. The molecule has 2 atom stereocenters. The Hall–Kier alpha value is -2.18. The Bertz CT molecular complexity index is 776. The van der Waals surface area contributed by atoms with Gasteiger partial charge in [-0.05, 0) is 51.5 Å². The zero-order valence-electron chi connectivity index (χ0n) is 15.1. The molecule has 2 aliphatic rings. The molecule has 0 saturated carbocycles. The first-order chi connectivity index (χ1) is 12.6. The monoisotopic (exact) mass is 355 g/mol. The highest BCUT2D eigenvalue weighted by atomic mass is 16.4. The van der Waals surface area contributed by atoms with E-state index in [0.29, 0.717) is 18.9 Å².